The lowest BCUT2D eigenvalue weighted by Crippen LogP contribution is -2.49. The van der Waals surface area contributed by atoms with Crippen molar-refractivity contribution in [1.82, 2.24) is 14.8 Å². The van der Waals surface area contributed by atoms with Crippen molar-refractivity contribution in [3.05, 3.63) is 18.2 Å². The van der Waals surface area contributed by atoms with Gasteiger partial charge in [0, 0.05) is 95.6 Å². The Bertz CT molecular complexity index is 515. The largest absolute Gasteiger partial charge is 0.369 e. The summed E-state index contributed by atoms with van der Waals surface area (Å²) in [6.07, 6.45) is 0. The highest BCUT2D eigenvalue weighted by atomic mass is 15.4. The smallest absolute Gasteiger partial charge is 0.0408 e. The molecule has 7 nitrogen and oxygen atoms in total. The van der Waals surface area contributed by atoms with E-state index >= 15 is 0 Å². The molecule has 0 aliphatic carbocycles. The highest BCUT2D eigenvalue weighted by molar-refractivity contribution is 5.70. The second kappa shape index (κ2) is 8.22. The van der Waals surface area contributed by atoms with Crippen molar-refractivity contribution in [2.75, 3.05) is 107 Å². The molecule has 0 aromatic heterocycles. The zero-order valence-corrected chi connectivity index (χ0v) is 17.0. The van der Waals surface area contributed by atoms with Gasteiger partial charge in [0.15, 0.2) is 0 Å². The third-order valence-electron chi connectivity index (χ3n) is 6.30. The summed E-state index contributed by atoms with van der Waals surface area (Å²) < 4.78 is 0. The number of nitrogens with two attached hydrogens (primary N) is 1. The molecule has 0 saturated carbocycles. The zero-order valence-electron chi connectivity index (χ0n) is 17.0. The number of likely N-dealkylation sites (N-methyl/N-ethyl adjacent to an activating group) is 2. The van der Waals surface area contributed by atoms with E-state index in [1.165, 1.54) is 17.1 Å². The molecule has 1 aromatic rings. The number of nitrogens with zero attached hydrogens (tertiary/aromatic N) is 6. The van der Waals surface area contributed by atoms with Crippen LogP contribution in [0.4, 0.5) is 17.1 Å². The minimum atomic E-state index is 0.933. The summed E-state index contributed by atoms with van der Waals surface area (Å²) in [6, 6.07) is 7.22. The SMILES string of the molecule is CN1CCN(c2cc(N3CCN(C)CC3)cc(N3CCN(N)CC3)c2)CC1. The minimum absolute atomic E-state index is 0.933. The molecule has 150 valence electrons. The van der Waals surface area contributed by atoms with E-state index in [1.54, 1.807) is 0 Å². The Morgan fingerprint density at radius 2 is 0.815 bits per heavy atom. The van der Waals surface area contributed by atoms with Crippen molar-refractivity contribution in [2.24, 2.45) is 5.84 Å². The van der Waals surface area contributed by atoms with Gasteiger partial charge in [0.25, 0.3) is 0 Å². The maximum atomic E-state index is 5.98. The number of rotatable bonds is 3. The first-order valence-electron chi connectivity index (χ1n) is 10.4. The molecule has 3 aliphatic rings. The summed E-state index contributed by atoms with van der Waals surface area (Å²) in [6.45, 7) is 12.9. The fraction of sp³-hybridized carbons (Fsp3) is 0.700. The van der Waals surface area contributed by atoms with Crippen molar-refractivity contribution in [3.8, 4) is 0 Å². The first-order chi connectivity index (χ1) is 13.1. The molecule has 0 amide bonds. The van der Waals surface area contributed by atoms with Gasteiger partial charge in [-0.25, -0.2) is 5.01 Å². The van der Waals surface area contributed by atoms with Gasteiger partial charge < -0.3 is 24.5 Å². The van der Waals surface area contributed by atoms with Gasteiger partial charge in [-0.3, -0.25) is 5.84 Å². The fourth-order valence-electron chi connectivity index (χ4n) is 4.24. The Balaban J connectivity index is 1.59. The van der Waals surface area contributed by atoms with Gasteiger partial charge in [0.2, 0.25) is 0 Å². The van der Waals surface area contributed by atoms with Crippen LogP contribution in [0.5, 0.6) is 0 Å². The van der Waals surface area contributed by atoms with E-state index in [-0.39, 0.29) is 0 Å². The zero-order chi connectivity index (χ0) is 18.8. The molecule has 0 radical (unpaired) electrons. The molecule has 7 heteroatoms. The van der Waals surface area contributed by atoms with Crippen LogP contribution in [0.2, 0.25) is 0 Å². The molecule has 27 heavy (non-hydrogen) atoms. The average Bonchev–Trinajstić information content (AvgIpc) is 2.69. The first kappa shape index (κ1) is 18.8. The van der Waals surface area contributed by atoms with Crippen LogP contribution in [0.15, 0.2) is 18.2 Å². The summed E-state index contributed by atoms with van der Waals surface area (Å²) in [5.74, 6) is 5.98. The van der Waals surface area contributed by atoms with Crippen LogP contribution in [0.25, 0.3) is 0 Å². The van der Waals surface area contributed by atoms with E-state index in [2.05, 4.69) is 56.8 Å². The van der Waals surface area contributed by atoms with Crippen LogP contribution in [-0.2, 0) is 0 Å². The summed E-state index contributed by atoms with van der Waals surface area (Å²) >= 11 is 0. The minimum Gasteiger partial charge on any atom is -0.369 e. The summed E-state index contributed by atoms with van der Waals surface area (Å²) in [7, 11) is 4.44. The van der Waals surface area contributed by atoms with Crippen LogP contribution < -0.4 is 20.5 Å². The standard InChI is InChI=1S/C20H35N7/c1-22-3-7-24(8-4-22)18-15-19(25-9-5-23(2)6-10-25)17-20(16-18)26-11-13-27(21)14-12-26/h15-17H,3-14,21H2,1-2H3. The normalized spacial score (nSPS) is 23.9. The molecule has 3 fully saturated rings. The molecule has 0 spiro atoms. The molecule has 3 aliphatic heterocycles. The van der Waals surface area contributed by atoms with E-state index in [9.17, 15) is 0 Å². The molecule has 3 heterocycles. The molecule has 0 bridgehead atoms. The highest BCUT2D eigenvalue weighted by Gasteiger charge is 2.22. The monoisotopic (exact) mass is 373 g/mol. The van der Waals surface area contributed by atoms with Crippen LogP contribution >= 0.6 is 0 Å². The Labute approximate surface area is 163 Å². The molecule has 2 N–H and O–H groups in total. The Hall–Kier alpha value is -1.54. The van der Waals surface area contributed by atoms with Gasteiger partial charge in [-0.1, -0.05) is 0 Å². The van der Waals surface area contributed by atoms with Gasteiger partial charge in [-0.2, -0.15) is 0 Å². The van der Waals surface area contributed by atoms with E-state index in [0.29, 0.717) is 0 Å². The molecular weight excluding hydrogens is 338 g/mol. The molecule has 3 saturated heterocycles. The molecule has 4 rings (SSSR count). The second-order valence-electron chi connectivity index (χ2n) is 8.31. The Morgan fingerprint density at radius 3 is 1.15 bits per heavy atom. The maximum absolute atomic E-state index is 5.98. The van der Waals surface area contributed by atoms with Crippen LogP contribution in [-0.4, -0.2) is 107 Å². The Morgan fingerprint density at radius 1 is 0.519 bits per heavy atom. The van der Waals surface area contributed by atoms with Crippen molar-refractivity contribution < 1.29 is 0 Å². The van der Waals surface area contributed by atoms with Gasteiger partial charge in [-0.05, 0) is 32.3 Å². The van der Waals surface area contributed by atoms with Gasteiger partial charge >= 0.3 is 0 Å². The van der Waals surface area contributed by atoms with E-state index in [0.717, 1.165) is 78.5 Å². The van der Waals surface area contributed by atoms with Crippen LogP contribution in [0.1, 0.15) is 0 Å². The van der Waals surface area contributed by atoms with E-state index < -0.39 is 0 Å². The third kappa shape index (κ3) is 4.48. The molecular formula is C20H35N7. The fourth-order valence-corrected chi connectivity index (χ4v) is 4.24. The third-order valence-corrected chi connectivity index (χ3v) is 6.30. The van der Waals surface area contributed by atoms with Gasteiger partial charge in [-0.15, -0.1) is 0 Å². The lowest BCUT2D eigenvalue weighted by atomic mass is 10.1. The summed E-state index contributed by atoms with van der Waals surface area (Å²) in [4.78, 5) is 12.5. The molecule has 0 unspecified atom stereocenters. The van der Waals surface area contributed by atoms with Gasteiger partial charge in [0.1, 0.15) is 0 Å². The van der Waals surface area contributed by atoms with Crippen molar-refractivity contribution >= 4 is 17.1 Å². The van der Waals surface area contributed by atoms with Crippen molar-refractivity contribution in [1.29, 1.82) is 0 Å². The van der Waals surface area contributed by atoms with Crippen LogP contribution in [0, 0.1) is 0 Å². The summed E-state index contributed by atoms with van der Waals surface area (Å²) in [5.41, 5.74) is 4.11. The van der Waals surface area contributed by atoms with Crippen molar-refractivity contribution in [2.45, 2.75) is 0 Å². The lowest BCUT2D eigenvalue weighted by Gasteiger charge is -2.39. The lowest BCUT2D eigenvalue weighted by molar-refractivity contribution is 0.266. The van der Waals surface area contributed by atoms with Crippen LogP contribution in [0.3, 0.4) is 0 Å². The second-order valence-corrected chi connectivity index (χ2v) is 8.31. The number of hydrogen-bond acceptors (Lipinski definition) is 7. The predicted octanol–water partition coefficient (Wildman–Crippen LogP) is 0.186. The number of piperazine rings is 3. The number of anilines is 3. The van der Waals surface area contributed by atoms with Crippen molar-refractivity contribution in [3.63, 3.8) is 0 Å². The van der Waals surface area contributed by atoms with Gasteiger partial charge in [0.05, 0.1) is 0 Å². The Kier molecular flexibility index (Phi) is 5.73. The number of benzene rings is 1. The molecule has 0 atom stereocenters. The quantitative estimate of drug-likeness (QED) is 0.759. The number of hydrogen-bond donors (Lipinski definition) is 1. The number of hydrazine groups is 1. The highest BCUT2D eigenvalue weighted by Crippen LogP contribution is 2.31. The van der Waals surface area contributed by atoms with E-state index in [4.69, 9.17) is 5.84 Å². The predicted molar refractivity (Wildman–Crippen MR) is 114 cm³/mol. The average molecular weight is 374 g/mol. The topological polar surface area (TPSA) is 45.5 Å². The van der Waals surface area contributed by atoms with E-state index in [1.807, 2.05) is 5.01 Å². The maximum Gasteiger partial charge on any atom is 0.0408 e. The summed E-state index contributed by atoms with van der Waals surface area (Å²) in [5, 5.41) is 1.93. The first-order valence-corrected chi connectivity index (χ1v) is 10.4. The molecule has 1 aromatic carbocycles.